The molecule has 0 radical (unpaired) electrons. The molecule has 2 aromatic carbocycles. The summed E-state index contributed by atoms with van der Waals surface area (Å²) >= 11 is 0. The molecule has 1 unspecified atom stereocenters. The summed E-state index contributed by atoms with van der Waals surface area (Å²) in [4.78, 5) is 4.70. The second kappa shape index (κ2) is 11.7. The number of nitrogens with one attached hydrogen (secondary N) is 2. The highest BCUT2D eigenvalue weighted by molar-refractivity contribution is 14.0. The van der Waals surface area contributed by atoms with Gasteiger partial charge in [0.2, 0.25) is 0 Å². The number of hydrogen-bond acceptors (Lipinski definition) is 5. The second-order valence-corrected chi connectivity index (χ2v) is 6.65. The largest absolute Gasteiger partial charge is 0.496 e. The summed E-state index contributed by atoms with van der Waals surface area (Å²) < 4.78 is 22.2. The number of para-hydroxylation sites is 1. The van der Waals surface area contributed by atoms with Gasteiger partial charge in [-0.15, -0.1) is 24.0 Å². The van der Waals surface area contributed by atoms with Crippen LogP contribution in [0.3, 0.4) is 0 Å². The average molecular weight is 527 g/mol. The summed E-state index contributed by atoms with van der Waals surface area (Å²) in [6.45, 7) is 3.91. The van der Waals surface area contributed by atoms with Crippen molar-refractivity contribution in [2.75, 3.05) is 34.4 Å². The van der Waals surface area contributed by atoms with Crippen molar-refractivity contribution in [1.82, 2.24) is 10.6 Å². The SMILES string of the molecule is CCNC(=NCc1cc(OC)c(OC)cc1OC)NCC1Cc2ccccc2O1.I. The van der Waals surface area contributed by atoms with Crippen molar-refractivity contribution in [3.05, 3.63) is 47.5 Å². The lowest BCUT2D eigenvalue weighted by Gasteiger charge is -2.16. The molecule has 0 bridgehead atoms. The van der Waals surface area contributed by atoms with Gasteiger partial charge in [0.25, 0.3) is 0 Å². The molecule has 0 amide bonds. The van der Waals surface area contributed by atoms with Crippen molar-refractivity contribution in [2.24, 2.45) is 4.99 Å². The second-order valence-electron chi connectivity index (χ2n) is 6.65. The molecule has 0 saturated carbocycles. The van der Waals surface area contributed by atoms with Gasteiger partial charge in [0.15, 0.2) is 17.5 Å². The van der Waals surface area contributed by atoms with Crippen LogP contribution in [-0.2, 0) is 13.0 Å². The highest BCUT2D eigenvalue weighted by Crippen LogP contribution is 2.35. The maximum Gasteiger partial charge on any atom is 0.191 e. The molecule has 0 aromatic heterocycles. The third-order valence-corrected chi connectivity index (χ3v) is 4.75. The topological polar surface area (TPSA) is 73.3 Å². The lowest BCUT2D eigenvalue weighted by atomic mass is 10.1. The number of fused-ring (bicyclic) bond motifs is 1. The first-order valence-corrected chi connectivity index (χ1v) is 9.74. The van der Waals surface area contributed by atoms with Gasteiger partial charge < -0.3 is 29.6 Å². The summed E-state index contributed by atoms with van der Waals surface area (Å²) in [5.41, 5.74) is 2.16. The number of aliphatic imine (C=N–C) groups is 1. The van der Waals surface area contributed by atoms with E-state index in [0.717, 1.165) is 30.2 Å². The predicted molar refractivity (Wildman–Crippen MR) is 129 cm³/mol. The Kier molecular flexibility index (Phi) is 9.35. The Labute approximate surface area is 195 Å². The Hall–Kier alpha value is -2.36. The van der Waals surface area contributed by atoms with Gasteiger partial charge in [-0.05, 0) is 24.6 Å². The van der Waals surface area contributed by atoms with Gasteiger partial charge in [0, 0.05) is 24.6 Å². The van der Waals surface area contributed by atoms with Crippen molar-refractivity contribution in [3.8, 4) is 23.0 Å². The van der Waals surface area contributed by atoms with Crippen LogP contribution in [0.2, 0.25) is 0 Å². The summed E-state index contributed by atoms with van der Waals surface area (Å²) in [5, 5.41) is 6.65. The molecule has 0 spiro atoms. The van der Waals surface area contributed by atoms with E-state index in [1.165, 1.54) is 5.56 Å². The quantitative estimate of drug-likeness (QED) is 0.312. The molecule has 164 valence electrons. The molecule has 1 aliphatic heterocycles. The first kappa shape index (κ1) is 23.9. The van der Waals surface area contributed by atoms with Crippen molar-refractivity contribution in [1.29, 1.82) is 0 Å². The fraction of sp³-hybridized carbons (Fsp3) is 0.409. The van der Waals surface area contributed by atoms with E-state index in [1.807, 2.05) is 37.3 Å². The Morgan fingerprint density at radius 2 is 1.73 bits per heavy atom. The van der Waals surface area contributed by atoms with Crippen LogP contribution in [0.5, 0.6) is 23.0 Å². The maximum atomic E-state index is 5.99. The third-order valence-electron chi connectivity index (χ3n) is 4.75. The lowest BCUT2D eigenvalue weighted by Crippen LogP contribution is -2.42. The molecular formula is C22H30IN3O4. The van der Waals surface area contributed by atoms with Crippen molar-refractivity contribution >= 4 is 29.9 Å². The van der Waals surface area contributed by atoms with Gasteiger partial charge in [-0.2, -0.15) is 0 Å². The highest BCUT2D eigenvalue weighted by Gasteiger charge is 2.22. The van der Waals surface area contributed by atoms with Crippen LogP contribution in [-0.4, -0.2) is 46.5 Å². The Morgan fingerprint density at radius 1 is 1.03 bits per heavy atom. The molecule has 2 aromatic rings. The van der Waals surface area contributed by atoms with E-state index in [-0.39, 0.29) is 30.1 Å². The minimum absolute atomic E-state index is 0. The van der Waals surface area contributed by atoms with Crippen LogP contribution >= 0.6 is 24.0 Å². The molecular weight excluding hydrogens is 497 g/mol. The predicted octanol–water partition coefficient (Wildman–Crippen LogP) is 3.39. The van der Waals surface area contributed by atoms with E-state index in [2.05, 4.69) is 16.7 Å². The molecule has 3 rings (SSSR count). The number of ether oxygens (including phenoxy) is 4. The monoisotopic (exact) mass is 527 g/mol. The third kappa shape index (κ3) is 5.84. The van der Waals surface area contributed by atoms with E-state index >= 15 is 0 Å². The maximum absolute atomic E-state index is 5.99. The normalized spacial score (nSPS) is 14.8. The standard InChI is InChI=1S/C22H29N3O4.HI/c1-5-23-22(25-14-17-10-15-8-6-7-9-18(15)29-17)24-13-16-11-20(27-3)21(28-4)12-19(16)26-2;/h6-9,11-12,17H,5,10,13-14H2,1-4H3,(H2,23,24,25);1H. The number of nitrogens with zero attached hydrogens (tertiary/aromatic N) is 1. The summed E-state index contributed by atoms with van der Waals surface area (Å²) in [6.07, 6.45) is 0.985. The van der Waals surface area contributed by atoms with Crippen molar-refractivity contribution in [3.63, 3.8) is 0 Å². The first-order valence-electron chi connectivity index (χ1n) is 9.74. The van der Waals surface area contributed by atoms with Crippen LogP contribution in [0, 0.1) is 0 Å². The number of methoxy groups -OCH3 is 3. The fourth-order valence-electron chi connectivity index (χ4n) is 3.30. The lowest BCUT2D eigenvalue weighted by molar-refractivity contribution is 0.235. The van der Waals surface area contributed by atoms with E-state index < -0.39 is 0 Å². The first-order chi connectivity index (χ1) is 14.2. The zero-order valence-electron chi connectivity index (χ0n) is 17.9. The zero-order chi connectivity index (χ0) is 20.6. The van der Waals surface area contributed by atoms with Gasteiger partial charge in [0.05, 0.1) is 34.4 Å². The van der Waals surface area contributed by atoms with Crippen LogP contribution < -0.4 is 29.6 Å². The molecule has 1 aliphatic rings. The van der Waals surface area contributed by atoms with Crippen LogP contribution in [0.25, 0.3) is 0 Å². The van der Waals surface area contributed by atoms with Gasteiger partial charge in [-0.3, -0.25) is 0 Å². The molecule has 7 nitrogen and oxygen atoms in total. The molecule has 2 N–H and O–H groups in total. The van der Waals surface area contributed by atoms with Crippen LogP contribution in [0.1, 0.15) is 18.1 Å². The van der Waals surface area contributed by atoms with Crippen molar-refractivity contribution < 1.29 is 18.9 Å². The van der Waals surface area contributed by atoms with Crippen LogP contribution in [0.15, 0.2) is 41.4 Å². The van der Waals surface area contributed by atoms with E-state index in [4.69, 9.17) is 23.9 Å². The van der Waals surface area contributed by atoms with Gasteiger partial charge in [-0.25, -0.2) is 4.99 Å². The van der Waals surface area contributed by atoms with Crippen LogP contribution in [0.4, 0.5) is 0 Å². The minimum Gasteiger partial charge on any atom is -0.496 e. The van der Waals surface area contributed by atoms with E-state index in [1.54, 1.807) is 21.3 Å². The van der Waals surface area contributed by atoms with E-state index in [0.29, 0.717) is 30.3 Å². The molecule has 30 heavy (non-hydrogen) atoms. The van der Waals surface area contributed by atoms with Gasteiger partial charge in [-0.1, -0.05) is 18.2 Å². The highest BCUT2D eigenvalue weighted by atomic mass is 127. The molecule has 0 fully saturated rings. The molecule has 0 aliphatic carbocycles. The number of hydrogen-bond donors (Lipinski definition) is 2. The average Bonchev–Trinajstić information content (AvgIpc) is 3.18. The Balaban J connectivity index is 0.00000320. The molecule has 1 atom stereocenters. The zero-order valence-corrected chi connectivity index (χ0v) is 20.2. The number of benzene rings is 2. The number of guanidine groups is 1. The molecule has 8 heteroatoms. The fourth-order valence-corrected chi connectivity index (χ4v) is 3.30. The Morgan fingerprint density at radius 3 is 2.40 bits per heavy atom. The molecule has 0 saturated heterocycles. The van der Waals surface area contributed by atoms with Gasteiger partial charge in [0.1, 0.15) is 17.6 Å². The summed E-state index contributed by atoms with van der Waals surface area (Å²) in [6, 6.07) is 11.9. The number of rotatable bonds is 8. The Bertz CT molecular complexity index is 835. The summed E-state index contributed by atoms with van der Waals surface area (Å²) in [5.74, 6) is 3.67. The summed E-state index contributed by atoms with van der Waals surface area (Å²) in [7, 11) is 4.85. The smallest absolute Gasteiger partial charge is 0.191 e. The van der Waals surface area contributed by atoms with Crippen molar-refractivity contribution in [2.45, 2.75) is 26.0 Å². The molecule has 1 heterocycles. The number of halogens is 1. The van der Waals surface area contributed by atoms with Gasteiger partial charge >= 0.3 is 0 Å². The van der Waals surface area contributed by atoms with E-state index in [9.17, 15) is 0 Å². The minimum atomic E-state index is 0.